The number of benzene rings is 1. The first-order chi connectivity index (χ1) is 5.54. The lowest BCUT2D eigenvalue weighted by atomic mass is 10.2. The van der Waals surface area contributed by atoms with Crippen LogP contribution in [0.2, 0.25) is 0 Å². The number of rotatable bonds is 2. The lowest BCUT2D eigenvalue weighted by molar-refractivity contribution is 0.282. The van der Waals surface area contributed by atoms with Crippen molar-refractivity contribution in [2.75, 3.05) is 21.1 Å². The summed E-state index contributed by atoms with van der Waals surface area (Å²) >= 11 is 0. The van der Waals surface area contributed by atoms with Gasteiger partial charge in [0.1, 0.15) is 5.69 Å². The van der Waals surface area contributed by atoms with Gasteiger partial charge in [0.25, 0.3) is 0 Å². The summed E-state index contributed by atoms with van der Waals surface area (Å²) in [6.07, 6.45) is 0. The molecule has 0 saturated heterocycles. The van der Waals surface area contributed by atoms with E-state index in [0.717, 1.165) is 10.0 Å². The van der Waals surface area contributed by atoms with E-state index in [4.69, 9.17) is 5.11 Å². The van der Waals surface area contributed by atoms with Crippen molar-refractivity contribution < 1.29 is 10.6 Å². The Labute approximate surface area is 79.1 Å². The zero-order valence-electron chi connectivity index (χ0n) is 8.36. The third-order valence-corrected chi connectivity index (χ3v) is 1.89. The van der Waals surface area contributed by atoms with Crippen LogP contribution in [0.4, 0.5) is 5.69 Å². The first kappa shape index (κ1) is 12.1. The van der Waals surface area contributed by atoms with Crippen LogP contribution >= 0.6 is 0 Å². The fraction of sp³-hybridized carbons (Fsp3) is 0.400. The highest BCUT2D eigenvalue weighted by Gasteiger charge is 2.10. The van der Waals surface area contributed by atoms with E-state index < -0.39 is 0 Å². The molecule has 0 atom stereocenters. The zero-order chi connectivity index (χ0) is 9.19. The number of hydrogen-bond donors (Lipinski definition) is 1. The van der Waals surface area contributed by atoms with Crippen LogP contribution in [0.15, 0.2) is 24.3 Å². The molecule has 13 heavy (non-hydrogen) atoms. The van der Waals surface area contributed by atoms with Crippen molar-refractivity contribution >= 4 is 5.69 Å². The fourth-order valence-electron chi connectivity index (χ4n) is 1.05. The molecule has 0 fully saturated rings. The molecule has 3 nitrogen and oxygen atoms in total. The maximum Gasteiger partial charge on any atom is 0.132 e. The smallest absolute Gasteiger partial charge is 0.132 e. The Morgan fingerprint density at radius 3 is 1.85 bits per heavy atom. The molecule has 3 heteroatoms. The molecular formula is C10H17NO2. The molecule has 0 amide bonds. The van der Waals surface area contributed by atoms with E-state index in [1.807, 2.05) is 24.3 Å². The maximum atomic E-state index is 8.83. The molecule has 2 N–H and O–H groups in total. The van der Waals surface area contributed by atoms with E-state index in [0.29, 0.717) is 0 Å². The third kappa shape index (κ3) is 3.14. The average Bonchev–Trinajstić information content (AvgIpc) is 2.03. The normalized spacial score (nSPS) is 10.8. The Hall–Kier alpha value is -0.900. The van der Waals surface area contributed by atoms with Gasteiger partial charge < -0.3 is 10.6 Å². The largest absolute Gasteiger partial charge is 0.870 e. The molecule has 1 aromatic rings. The average molecular weight is 183 g/mol. The highest BCUT2D eigenvalue weighted by atomic mass is 16.3. The highest BCUT2D eigenvalue weighted by molar-refractivity contribution is 5.42. The summed E-state index contributed by atoms with van der Waals surface area (Å²) in [7, 11) is 6.36. The summed E-state index contributed by atoms with van der Waals surface area (Å²) in [5, 5.41) is 8.83. The molecule has 0 unspecified atom stereocenters. The van der Waals surface area contributed by atoms with Gasteiger partial charge in [0.2, 0.25) is 0 Å². The summed E-state index contributed by atoms with van der Waals surface area (Å²) in [6, 6.07) is 8.01. The molecule has 0 aliphatic carbocycles. The van der Waals surface area contributed by atoms with Crippen LogP contribution < -0.4 is 4.48 Å². The van der Waals surface area contributed by atoms with Crippen molar-refractivity contribution in [3.8, 4) is 0 Å². The molecule has 0 aromatic heterocycles. The molecule has 1 aromatic carbocycles. The van der Waals surface area contributed by atoms with Crippen molar-refractivity contribution in [1.29, 1.82) is 0 Å². The Kier molecular flexibility index (Phi) is 4.07. The summed E-state index contributed by atoms with van der Waals surface area (Å²) in [6.45, 7) is 0.122. The van der Waals surface area contributed by atoms with Crippen LogP contribution in [0.25, 0.3) is 0 Å². The first-order valence-corrected chi connectivity index (χ1v) is 4.06. The second-order valence-corrected chi connectivity index (χ2v) is 3.84. The van der Waals surface area contributed by atoms with Crippen molar-refractivity contribution in [2.24, 2.45) is 0 Å². The zero-order valence-corrected chi connectivity index (χ0v) is 8.36. The molecule has 1 rings (SSSR count). The molecule has 74 valence electrons. The maximum absolute atomic E-state index is 8.83. The lowest BCUT2D eigenvalue weighted by Crippen LogP contribution is -2.34. The van der Waals surface area contributed by atoms with Crippen molar-refractivity contribution in [3.05, 3.63) is 29.8 Å². The van der Waals surface area contributed by atoms with Crippen molar-refractivity contribution in [3.63, 3.8) is 0 Å². The third-order valence-electron chi connectivity index (χ3n) is 1.89. The SMILES string of the molecule is C[N+](C)(C)c1ccc(CO)cc1.[OH-]. The quantitative estimate of drug-likeness (QED) is 0.700. The molecule has 0 radical (unpaired) electrons. The Morgan fingerprint density at radius 1 is 1.08 bits per heavy atom. The topological polar surface area (TPSA) is 50.2 Å². The molecule has 0 aliphatic rings. The molecule has 0 bridgehead atoms. The molecule has 0 saturated carbocycles. The van der Waals surface area contributed by atoms with Crippen LogP contribution in [0.5, 0.6) is 0 Å². The Morgan fingerprint density at radius 2 is 1.54 bits per heavy atom. The lowest BCUT2D eigenvalue weighted by Gasteiger charge is -2.23. The first-order valence-electron chi connectivity index (χ1n) is 4.06. The molecular weight excluding hydrogens is 166 g/mol. The predicted molar refractivity (Wildman–Crippen MR) is 53.9 cm³/mol. The molecule has 0 spiro atoms. The predicted octanol–water partition coefficient (Wildman–Crippen LogP) is 1.20. The Bertz CT molecular complexity index is 249. The number of nitrogens with zero attached hydrogens (tertiary/aromatic N) is 1. The second-order valence-electron chi connectivity index (χ2n) is 3.84. The van der Waals surface area contributed by atoms with E-state index in [1.54, 1.807) is 0 Å². The van der Waals surface area contributed by atoms with Gasteiger partial charge in [-0.05, 0) is 17.7 Å². The fourth-order valence-corrected chi connectivity index (χ4v) is 1.05. The highest BCUT2D eigenvalue weighted by Crippen LogP contribution is 2.16. The van der Waals surface area contributed by atoms with Crippen LogP contribution in [0.3, 0.4) is 0 Å². The number of hydrogen-bond acceptors (Lipinski definition) is 2. The minimum Gasteiger partial charge on any atom is -0.870 e. The molecule has 0 aliphatic heterocycles. The van der Waals surface area contributed by atoms with Crippen LogP contribution in [-0.2, 0) is 6.61 Å². The van der Waals surface area contributed by atoms with Crippen molar-refractivity contribution in [2.45, 2.75) is 6.61 Å². The van der Waals surface area contributed by atoms with Gasteiger partial charge in [0.05, 0.1) is 27.7 Å². The summed E-state index contributed by atoms with van der Waals surface area (Å²) in [5.41, 5.74) is 2.21. The van der Waals surface area contributed by atoms with E-state index in [9.17, 15) is 0 Å². The minimum absolute atomic E-state index is 0. The van der Waals surface area contributed by atoms with Crippen LogP contribution in [-0.4, -0.2) is 31.7 Å². The van der Waals surface area contributed by atoms with Gasteiger partial charge in [-0.2, -0.15) is 0 Å². The van der Waals surface area contributed by atoms with Gasteiger partial charge in [-0.3, -0.25) is 4.48 Å². The van der Waals surface area contributed by atoms with E-state index in [-0.39, 0.29) is 12.1 Å². The summed E-state index contributed by atoms with van der Waals surface area (Å²) in [4.78, 5) is 0. The monoisotopic (exact) mass is 183 g/mol. The number of aliphatic hydroxyl groups excluding tert-OH is 1. The van der Waals surface area contributed by atoms with Gasteiger partial charge in [0, 0.05) is 0 Å². The van der Waals surface area contributed by atoms with Gasteiger partial charge in [-0.1, -0.05) is 12.1 Å². The van der Waals surface area contributed by atoms with E-state index >= 15 is 0 Å². The van der Waals surface area contributed by atoms with Gasteiger partial charge in [-0.15, -0.1) is 0 Å². The van der Waals surface area contributed by atoms with Crippen LogP contribution in [0, 0.1) is 0 Å². The van der Waals surface area contributed by atoms with Gasteiger partial charge in [-0.25, -0.2) is 0 Å². The van der Waals surface area contributed by atoms with Gasteiger partial charge in [0.15, 0.2) is 0 Å². The standard InChI is InChI=1S/C10H16NO.H2O/c1-11(2,3)10-6-4-9(8-12)5-7-10;/h4-7,12H,8H2,1-3H3;1H2/q+1;/p-1. The van der Waals surface area contributed by atoms with E-state index in [1.165, 1.54) is 5.69 Å². The van der Waals surface area contributed by atoms with Gasteiger partial charge >= 0.3 is 0 Å². The Balaban J connectivity index is 0.00000144. The summed E-state index contributed by atoms with van der Waals surface area (Å²) in [5.74, 6) is 0. The van der Waals surface area contributed by atoms with Crippen LogP contribution in [0.1, 0.15) is 5.56 Å². The second kappa shape index (κ2) is 4.37. The number of quaternary nitrogens is 1. The molecule has 0 heterocycles. The minimum atomic E-state index is 0. The summed E-state index contributed by atoms with van der Waals surface area (Å²) < 4.78 is 0.811. The number of aliphatic hydroxyl groups is 1. The van der Waals surface area contributed by atoms with Crippen molar-refractivity contribution in [1.82, 2.24) is 4.48 Å². The van der Waals surface area contributed by atoms with E-state index in [2.05, 4.69) is 21.1 Å².